The summed E-state index contributed by atoms with van der Waals surface area (Å²) in [5.41, 5.74) is 5.98. The second kappa shape index (κ2) is 6.08. The number of alkyl halides is 3. The standard InChI is InChI=1S/C16H16F3NO/c1-2-3-11-4-7-13(8-5-11)21-15-9-6-12(10-14(15)20)16(17,18)19/h4-10H,2-3,20H2,1H3. The maximum absolute atomic E-state index is 12.5. The fraction of sp³-hybridized carbons (Fsp3) is 0.250. The summed E-state index contributed by atoms with van der Waals surface area (Å²) in [5.74, 6) is 0.757. The highest BCUT2D eigenvalue weighted by molar-refractivity contribution is 5.56. The van der Waals surface area contributed by atoms with E-state index in [1.54, 1.807) is 12.1 Å². The summed E-state index contributed by atoms with van der Waals surface area (Å²) in [6.07, 6.45) is -2.39. The Labute approximate surface area is 121 Å². The Morgan fingerprint density at radius 3 is 2.24 bits per heavy atom. The monoisotopic (exact) mass is 295 g/mol. The van der Waals surface area contributed by atoms with Gasteiger partial charge in [0.2, 0.25) is 0 Å². The van der Waals surface area contributed by atoms with Crippen molar-refractivity contribution in [1.82, 2.24) is 0 Å². The van der Waals surface area contributed by atoms with E-state index in [1.807, 2.05) is 12.1 Å². The van der Waals surface area contributed by atoms with Crippen LogP contribution in [0.25, 0.3) is 0 Å². The topological polar surface area (TPSA) is 35.2 Å². The van der Waals surface area contributed by atoms with Crippen LogP contribution in [-0.4, -0.2) is 0 Å². The summed E-state index contributed by atoms with van der Waals surface area (Å²) in [6, 6.07) is 10.5. The minimum absolute atomic E-state index is 0.0394. The molecule has 0 fully saturated rings. The highest BCUT2D eigenvalue weighted by Crippen LogP contribution is 2.35. The van der Waals surface area contributed by atoms with E-state index in [0.717, 1.165) is 25.0 Å². The third kappa shape index (κ3) is 3.90. The van der Waals surface area contributed by atoms with E-state index in [0.29, 0.717) is 5.75 Å². The Bertz CT molecular complexity index is 606. The Balaban J connectivity index is 2.16. The van der Waals surface area contributed by atoms with E-state index in [-0.39, 0.29) is 11.4 Å². The quantitative estimate of drug-likeness (QED) is 0.803. The number of nitrogens with two attached hydrogens (primary N) is 1. The van der Waals surface area contributed by atoms with Crippen LogP contribution in [0.2, 0.25) is 0 Å². The zero-order valence-corrected chi connectivity index (χ0v) is 11.6. The molecule has 0 amide bonds. The fourth-order valence-electron chi connectivity index (χ4n) is 1.96. The van der Waals surface area contributed by atoms with Gasteiger partial charge in [0.05, 0.1) is 11.3 Å². The van der Waals surface area contributed by atoms with E-state index in [4.69, 9.17) is 10.5 Å². The molecule has 0 aromatic heterocycles. The average Bonchev–Trinajstić information content (AvgIpc) is 2.42. The molecular weight excluding hydrogens is 279 g/mol. The zero-order chi connectivity index (χ0) is 15.5. The minimum atomic E-state index is -4.41. The molecule has 0 radical (unpaired) electrons. The highest BCUT2D eigenvalue weighted by atomic mass is 19.4. The minimum Gasteiger partial charge on any atom is -0.455 e. The molecule has 5 heteroatoms. The number of hydrogen-bond donors (Lipinski definition) is 1. The van der Waals surface area contributed by atoms with Crippen molar-refractivity contribution in [1.29, 1.82) is 0 Å². The number of benzene rings is 2. The lowest BCUT2D eigenvalue weighted by atomic mass is 10.1. The first-order valence-electron chi connectivity index (χ1n) is 6.63. The molecule has 2 N–H and O–H groups in total. The van der Waals surface area contributed by atoms with Crippen molar-refractivity contribution in [2.75, 3.05) is 5.73 Å². The number of hydrogen-bond acceptors (Lipinski definition) is 2. The molecule has 0 aliphatic rings. The van der Waals surface area contributed by atoms with Gasteiger partial charge in [-0.05, 0) is 42.3 Å². The molecule has 0 aliphatic carbocycles. The van der Waals surface area contributed by atoms with Crippen molar-refractivity contribution in [3.8, 4) is 11.5 Å². The molecule has 2 rings (SSSR count). The highest BCUT2D eigenvalue weighted by Gasteiger charge is 2.30. The molecule has 21 heavy (non-hydrogen) atoms. The van der Waals surface area contributed by atoms with Crippen LogP contribution >= 0.6 is 0 Å². The molecule has 0 unspecified atom stereocenters. The van der Waals surface area contributed by atoms with Gasteiger partial charge in [0.15, 0.2) is 0 Å². The lowest BCUT2D eigenvalue weighted by Gasteiger charge is -2.12. The van der Waals surface area contributed by atoms with Gasteiger partial charge in [-0.2, -0.15) is 13.2 Å². The summed E-state index contributed by atoms with van der Waals surface area (Å²) < 4.78 is 43.2. The molecule has 0 atom stereocenters. The second-order valence-corrected chi connectivity index (χ2v) is 4.75. The van der Waals surface area contributed by atoms with Gasteiger partial charge in [0.25, 0.3) is 0 Å². The smallest absolute Gasteiger partial charge is 0.416 e. The van der Waals surface area contributed by atoms with Crippen molar-refractivity contribution in [3.63, 3.8) is 0 Å². The van der Waals surface area contributed by atoms with Crippen LogP contribution in [0, 0.1) is 0 Å². The molecule has 0 saturated heterocycles. The Hall–Kier alpha value is -2.17. The third-order valence-electron chi connectivity index (χ3n) is 3.03. The molecule has 0 saturated carbocycles. The van der Waals surface area contributed by atoms with Crippen LogP contribution in [0.1, 0.15) is 24.5 Å². The Morgan fingerprint density at radius 2 is 1.71 bits per heavy atom. The summed E-state index contributed by atoms with van der Waals surface area (Å²) in [5, 5.41) is 0. The lowest BCUT2D eigenvalue weighted by Crippen LogP contribution is -2.05. The lowest BCUT2D eigenvalue weighted by molar-refractivity contribution is -0.137. The van der Waals surface area contributed by atoms with Crippen molar-refractivity contribution in [2.24, 2.45) is 0 Å². The van der Waals surface area contributed by atoms with Gasteiger partial charge in [0.1, 0.15) is 11.5 Å². The van der Waals surface area contributed by atoms with Gasteiger partial charge in [-0.15, -0.1) is 0 Å². The number of halogens is 3. The number of aryl methyl sites for hydroxylation is 1. The van der Waals surface area contributed by atoms with E-state index >= 15 is 0 Å². The van der Waals surface area contributed by atoms with Gasteiger partial charge >= 0.3 is 6.18 Å². The number of rotatable bonds is 4. The van der Waals surface area contributed by atoms with Crippen molar-refractivity contribution in [2.45, 2.75) is 25.9 Å². The molecule has 0 spiro atoms. The van der Waals surface area contributed by atoms with Crippen molar-refractivity contribution >= 4 is 5.69 Å². The fourth-order valence-corrected chi connectivity index (χ4v) is 1.96. The van der Waals surface area contributed by atoms with Gasteiger partial charge in [-0.1, -0.05) is 25.5 Å². The first kappa shape index (κ1) is 15.2. The van der Waals surface area contributed by atoms with Crippen molar-refractivity contribution in [3.05, 3.63) is 53.6 Å². The van der Waals surface area contributed by atoms with Crippen LogP contribution in [0.15, 0.2) is 42.5 Å². The molecule has 0 aliphatic heterocycles. The first-order valence-corrected chi connectivity index (χ1v) is 6.63. The normalized spacial score (nSPS) is 11.4. The number of anilines is 1. The van der Waals surface area contributed by atoms with Crippen LogP contribution in [0.4, 0.5) is 18.9 Å². The average molecular weight is 295 g/mol. The Morgan fingerprint density at radius 1 is 1.05 bits per heavy atom. The largest absolute Gasteiger partial charge is 0.455 e. The van der Waals surface area contributed by atoms with Gasteiger partial charge in [-0.3, -0.25) is 0 Å². The second-order valence-electron chi connectivity index (χ2n) is 4.75. The summed E-state index contributed by atoms with van der Waals surface area (Å²) in [4.78, 5) is 0. The summed E-state index contributed by atoms with van der Waals surface area (Å²) in [6.45, 7) is 2.09. The van der Waals surface area contributed by atoms with Crippen LogP contribution in [0.3, 0.4) is 0 Å². The maximum Gasteiger partial charge on any atom is 0.416 e. The van der Waals surface area contributed by atoms with Crippen LogP contribution in [0.5, 0.6) is 11.5 Å². The van der Waals surface area contributed by atoms with E-state index in [9.17, 15) is 13.2 Å². The van der Waals surface area contributed by atoms with Gasteiger partial charge < -0.3 is 10.5 Å². The first-order chi connectivity index (χ1) is 9.90. The molecule has 0 bridgehead atoms. The maximum atomic E-state index is 12.5. The molecule has 112 valence electrons. The molecule has 2 aromatic carbocycles. The predicted octanol–water partition coefficient (Wildman–Crippen LogP) is 5.03. The number of ether oxygens (including phenoxy) is 1. The third-order valence-corrected chi connectivity index (χ3v) is 3.03. The van der Waals surface area contributed by atoms with Crippen molar-refractivity contribution < 1.29 is 17.9 Å². The Kier molecular flexibility index (Phi) is 4.40. The van der Waals surface area contributed by atoms with E-state index in [2.05, 4.69) is 6.92 Å². The summed E-state index contributed by atoms with van der Waals surface area (Å²) >= 11 is 0. The van der Waals surface area contributed by atoms with Crippen LogP contribution in [-0.2, 0) is 12.6 Å². The summed E-state index contributed by atoms with van der Waals surface area (Å²) in [7, 11) is 0. The zero-order valence-electron chi connectivity index (χ0n) is 11.6. The van der Waals surface area contributed by atoms with E-state index in [1.165, 1.54) is 11.6 Å². The van der Waals surface area contributed by atoms with Gasteiger partial charge in [0, 0.05) is 0 Å². The predicted molar refractivity (Wildman–Crippen MR) is 76.4 cm³/mol. The van der Waals surface area contributed by atoms with E-state index < -0.39 is 11.7 Å². The van der Waals surface area contributed by atoms with Crippen LogP contribution < -0.4 is 10.5 Å². The molecule has 0 heterocycles. The molecular formula is C16H16F3NO. The molecule has 2 aromatic rings. The SMILES string of the molecule is CCCc1ccc(Oc2ccc(C(F)(F)F)cc2N)cc1. The van der Waals surface area contributed by atoms with Gasteiger partial charge in [-0.25, -0.2) is 0 Å². The number of nitrogen functional groups attached to an aromatic ring is 1. The molecule has 2 nitrogen and oxygen atoms in total.